The Morgan fingerprint density at radius 1 is 1.32 bits per heavy atom. The third-order valence-corrected chi connectivity index (χ3v) is 3.92. The number of nitrogens with one attached hydrogen (secondary N) is 1. The Labute approximate surface area is 126 Å². The molecule has 2 aromatic heterocycles. The van der Waals surface area contributed by atoms with E-state index in [1.54, 1.807) is 24.0 Å². The number of primary amides is 1. The number of rotatable bonds is 3. The van der Waals surface area contributed by atoms with Gasteiger partial charge < -0.3 is 15.2 Å². The van der Waals surface area contributed by atoms with Crippen LogP contribution in [0, 0.1) is 6.92 Å². The maximum Gasteiger partial charge on any atom is 0.276 e. The lowest BCUT2D eigenvalue weighted by Crippen LogP contribution is -2.38. The van der Waals surface area contributed by atoms with E-state index >= 15 is 0 Å². The number of amides is 2. The Bertz CT molecular complexity index is 697. The molecule has 3 rings (SSSR count). The van der Waals surface area contributed by atoms with Gasteiger partial charge in [0, 0.05) is 30.8 Å². The molecular weight excluding hydrogens is 286 g/mol. The summed E-state index contributed by atoms with van der Waals surface area (Å²) in [5, 5.41) is 10.5. The number of piperidine rings is 1. The summed E-state index contributed by atoms with van der Waals surface area (Å²) in [6.45, 7) is 3.01. The summed E-state index contributed by atoms with van der Waals surface area (Å²) in [4.78, 5) is 25.1. The Hall–Kier alpha value is -2.64. The molecule has 0 radical (unpaired) electrons. The molecule has 0 saturated carbocycles. The summed E-state index contributed by atoms with van der Waals surface area (Å²) >= 11 is 0. The summed E-state index contributed by atoms with van der Waals surface area (Å²) in [5.74, 6) is 0.202. The fourth-order valence-electron chi connectivity index (χ4n) is 2.69. The lowest BCUT2D eigenvalue weighted by molar-refractivity contribution is 0.0701. The fourth-order valence-corrected chi connectivity index (χ4v) is 2.69. The monoisotopic (exact) mass is 303 g/mol. The number of aromatic nitrogens is 3. The van der Waals surface area contributed by atoms with Crippen molar-refractivity contribution < 1.29 is 14.1 Å². The van der Waals surface area contributed by atoms with Gasteiger partial charge >= 0.3 is 0 Å². The first-order valence-electron chi connectivity index (χ1n) is 7.12. The minimum Gasteiger partial charge on any atom is -0.364 e. The molecule has 2 amide bonds. The number of carbonyl (C=O) groups excluding carboxylic acids is 2. The van der Waals surface area contributed by atoms with Gasteiger partial charge in [-0.25, -0.2) is 0 Å². The van der Waals surface area contributed by atoms with Gasteiger partial charge in [0.1, 0.15) is 11.5 Å². The molecule has 0 atom stereocenters. The first-order chi connectivity index (χ1) is 10.5. The minimum atomic E-state index is -0.545. The highest BCUT2D eigenvalue weighted by Gasteiger charge is 2.27. The van der Waals surface area contributed by atoms with E-state index in [0.29, 0.717) is 24.5 Å². The zero-order valence-electron chi connectivity index (χ0n) is 12.2. The molecule has 2 aromatic rings. The molecule has 116 valence electrons. The minimum absolute atomic E-state index is 0.113. The summed E-state index contributed by atoms with van der Waals surface area (Å²) in [7, 11) is 0. The highest BCUT2D eigenvalue weighted by Crippen LogP contribution is 2.27. The molecule has 1 aliphatic rings. The van der Waals surface area contributed by atoms with E-state index in [2.05, 4.69) is 15.4 Å². The van der Waals surface area contributed by atoms with Crippen molar-refractivity contribution in [2.45, 2.75) is 25.7 Å². The van der Waals surface area contributed by atoms with E-state index in [0.717, 1.165) is 18.5 Å². The van der Waals surface area contributed by atoms with Crippen LogP contribution in [-0.4, -0.2) is 45.2 Å². The number of carbonyl (C=O) groups is 2. The van der Waals surface area contributed by atoms with Gasteiger partial charge in [-0.3, -0.25) is 14.7 Å². The molecule has 8 nitrogen and oxygen atoms in total. The lowest BCUT2D eigenvalue weighted by Gasteiger charge is -2.30. The van der Waals surface area contributed by atoms with Crippen LogP contribution >= 0.6 is 0 Å². The van der Waals surface area contributed by atoms with Crippen LogP contribution in [0.3, 0.4) is 0 Å². The van der Waals surface area contributed by atoms with Gasteiger partial charge in [-0.1, -0.05) is 5.16 Å². The summed E-state index contributed by atoms with van der Waals surface area (Å²) in [6.07, 6.45) is 1.59. The van der Waals surface area contributed by atoms with Gasteiger partial charge in [-0.15, -0.1) is 0 Å². The van der Waals surface area contributed by atoms with Crippen molar-refractivity contribution in [2.75, 3.05) is 13.1 Å². The van der Waals surface area contributed by atoms with Crippen LogP contribution in [-0.2, 0) is 0 Å². The Kier molecular flexibility index (Phi) is 3.66. The second kappa shape index (κ2) is 5.63. The predicted octanol–water partition coefficient (Wildman–Crippen LogP) is 0.825. The molecule has 3 N–H and O–H groups in total. The first-order valence-corrected chi connectivity index (χ1v) is 7.12. The number of nitrogens with two attached hydrogens (primary N) is 1. The molecule has 0 bridgehead atoms. The highest BCUT2D eigenvalue weighted by atomic mass is 16.5. The van der Waals surface area contributed by atoms with Gasteiger partial charge in [0.2, 0.25) is 0 Å². The van der Waals surface area contributed by atoms with Crippen molar-refractivity contribution in [3.05, 3.63) is 35.0 Å². The smallest absolute Gasteiger partial charge is 0.276 e. The van der Waals surface area contributed by atoms with Crippen LogP contribution in [0.25, 0.3) is 0 Å². The van der Waals surface area contributed by atoms with Crippen molar-refractivity contribution in [2.24, 2.45) is 5.73 Å². The molecule has 1 fully saturated rings. The molecule has 0 aromatic carbocycles. The van der Waals surface area contributed by atoms with E-state index in [-0.39, 0.29) is 17.5 Å². The van der Waals surface area contributed by atoms with Gasteiger partial charge in [0.15, 0.2) is 5.69 Å². The average molecular weight is 303 g/mol. The van der Waals surface area contributed by atoms with E-state index in [1.165, 1.54) is 0 Å². The van der Waals surface area contributed by atoms with Crippen LogP contribution in [0.5, 0.6) is 0 Å². The van der Waals surface area contributed by atoms with Crippen LogP contribution < -0.4 is 5.73 Å². The van der Waals surface area contributed by atoms with Crippen LogP contribution in [0.15, 0.2) is 16.7 Å². The number of hydrogen-bond acceptors (Lipinski definition) is 5. The normalized spacial score (nSPS) is 16.0. The van der Waals surface area contributed by atoms with Crippen molar-refractivity contribution in [3.63, 3.8) is 0 Å². The average Bonchev–Trinajstić information content (AvgIpc) is 3.16. The Morgan fingerprint density at radius 2 is 2.05 bits per heavy atom. The highest BCUT2D eigenvalue weighted by molar-refractivity contribution is 5.92. The zero-order valence-corrected chi connectivity index (χ0v) is 12.2. The van der Waals surface area contributed by atoms with E-state index < -0.39 is 5.91 Å². The SMILES string of the molecule is Cc1cc(C(=O)N2CCC(c3cc(C(N)=O)n[nH]3)CC2)no1. The second-order valence-electron chi connectivity index (χ2n) is 5.46. The van der Waals surface area contributed by atoms with Crippen LogP contribution in [0.1, 0.15) is 51.2 Å². The van der Waals surface area contributed by atoms with Crippen molar-refractivity contribution >= 4 is 11.8 Å². The van der Waals surface area contributed by atoms with Gasteiger partial charge in [0.25, 0.3) is 11.8 Å². The van der Waals surface area contributed by atoms with Crippen molar-refractivity contribution in [1.29, 1.82) is 0 Å². The number of likely N-dealkylation sites (tertiary alicyclic amines) is 1. The standard InChI is InChI=1S/C14H17N5O3/c1-8-6-12(18-22-8)14(21)19-4-2-9(3-5-19)10-7-11(13(15)20)17-16-10/h6-7,9H,2-5H2,1H3,(H2,15,20)(H,16,17). The van der Waals surface area contributed by atoms with Gasteiger partial charge in [0.05, 0.1) is 0 Å². The number of hydrogen-bond donors (Lipinski definition) is 2. The van der Waals surface area contributed by atoms with E-state index in [9.17, 15) is 9.59 Å². The van der Waals surface area contributed by atoms with E-state index in [4.69, 9.17) is 10.3 Å². The Morgan fingerprint density at radius 3 is 2.59 bits per heavy atom. The van der Waals surface area contributed by atoms with Crippen LogP contribution in [0.2, 0.25) is 0 Å². The fraction of sp³-hybridized carbons (Fsp3) is 0.429. The summed E-state index contributed by atoms with van der Waals surface area (Å²) < 4.78 is 4.94. The summed E-state index contributed by atoms with van der Waals surface area (Å²) in [6, 6.07) is 3.33. The van der Waals surface area contributed by atoms with E-state index in [1.807, 2.05) is 0 Å². The lowest BCUT2D eigenvalue weighted by atomic mass is 9.93. The predicted molar refractivity (Wildman–Crippen MR) is 76.2 cm³/mol. The molecule has 1 aliphatic heterocycles. The van der Waals surface area contributed by atoms with Crippen molar-refractivity contribution in [3.8, 4) is 0 Å². The van der Waals surface area contributed by atoms with Crippen molar-refractivity contribution in [1.82, 2.24) is 20.3 Å². The zero-order chi connectivity index (χ0) is 15.7. The third-order valence-electron chi connectivity index (χ3n) is 3.92. The number of nitrogens with zero attached hydrogens (tertiary/aromatic N) is 3. The first kappa shape index (κ1) is 14.3. The number of aryl methyl sites for hydroxylation is 1. The largest absolute Gasteiger partial charge is 0.364 e. The molecule has 8 heteroatoms. The Balaban J connectivity index is 1.62. The number of H-pyrrole nitrogens is 1. The maximum atomic E-state index is 12.3. The molecule has 0 aliphatic carbocycles. The van der Waals surface area contributed by atoms with Gasteiger partial charge in [-0.2, -0.15) is 5.10 Å². The third kappa shape index (κ3) is 2.72. The molecule has 3 heterocycles. The number of aromatic amines is 1. The molecular formula is C14H17N5O3. The molecule has 0 unspecified atom stereocenters. The quantitative estimate of drug-likeness (QED) is 0.870. The maximum absolute atomic E-state index is 12.3. The molecule has 1 saturated heterocycles. The topological polar surface area (TPSA) is 118 Å². The van der Waals surface area contributed by atoms with Crippen LogP contribution in [0.4, 0.5) is 0 Å². The molecule has 22 heavy (non-hydrogen) atoms. The van der Waals surface area contributed by atoms with Gasteiger partial charge in [-0.05, 0) is 25.8 Å². The molecule has 0 spiro atoms. The summed E-state index contributed by atoms with van der Waals surface area (Å²) in [5.41, 5.74) is 6.67. The second-order valence-corrected chi connectivity index (χ2v) is 5.46.